The first-order chi connectivity index (χ1) is 19.5. The van der Waals surface area contributed by atoms with E-state index >= 15 is 0 Å². The summed E-state index contributed by atoms with van der Waals surface area (Å²) in [7, 11) is 3.18. The summed E-state index contributed by atoms with van der Waals surface area (Å²) in [4.78, 5) is 21.6. The Morgan fingerprint density at radius 2 is 1.88 bits per heavy atom. The van der Waals surface area contributed by atoms with Crippen LogP contribution >= 0.6 is 24.0 Å². The van der Waals surface area contributed by atoms with E-state index < -0.39 is 0 Å². The number of nitriles is 1. The highest BCUT2D eigenvalue weighted by molar-refractivity contribution is 8.26. The molecule has 2 aliphatic rings. The zero-order valence-electron chi connectivity index (χ0n) is 22.5. The van der Waals surface area contributed by atoms with E-state index in [9.17, 15) is 10.1 Å². The highest BCUT2D eigenvalue weighted by Gasteiger charge is 2.33. The summed E-state index contributed by atoms with van der Waals surface area (Å²) in [5, 5.41) is 9.72. The lowest BCUT2D eigenvalue weighted by molar-refractivity contribution is -0.122. The highest BCUT2D eigenvalue weighted by Crippen LogP contribution is 2.35. The van der Waals surface area contributed by atoms with E-state index in [0.29, 0.717) is 45.5 Å². The van der Waals surface area contributed by atoms with Crippen molar-refractivity contribution < 1.29 is 18.7 Å². The van der Waals surface area contributed by atoms with Crippen LogP contribution in [0.25, 0.3) is 6.08 Å². The maximum absolute atomic E-state index is 13.2. The number of piperidine rings is 1. The number of carbonyl (C=O) groups excluding carboxylic acids is 1. The number of hydrogen-bond acceptors (Lipinski definition) is 9. The fourth-order valence-corrected chi connectivity index (χ4v) is 6.32. The summed E-state index contributed by atoms with van der Waals surface area (Å²) in [5.74, 6) is 2.38. The van der Waals surface area contributed by atoms with E-state index in [1.54, 1.807) is 25.2 Å². The number of rotatable bonds is 9. The number of methoxy groups -OCH3 is 2. The number of carbonyl (C=O) groups is 1. The van der Waals surface area contributed by atoms with Crippen molar-refractivity contribution in [3.8, 4) is 17.6 Å². The average Bonchev–Trinajstić information content (AvgIpc) is 3.51. The summed E-state index contributed by atoms with van der Waals surface area (Å²) in [6.45, 7) is 2.01. The number of thioether (sulfide) groups is 1. The number of thiocarbonyl (C=S) groups is 1. The molecule has 0 bridgehead atoms. The SMILES string of the molecule is COc1ccc(CCN2C(=O)/C(=C\c3nc(C#N)c(N4CCC(Cc5ccccc5)CC4)o3)SC2=S)cc1OC. The maximum Gasteiger partial charge on any atom is 0.266 e. The number of oxazole rings is 1. The lowest BCUT2D eigenvalue weighted by Gasteiger charge is -2.31. The Bertz CT molecular complexity index is 1460. The molecule has 5 rings (SSSR count). The number of hydrogen-bond donors (Lipinski definition) is 0. The first kappa shape index (κ1) is 27.7. The smallest absolute Gasteiger partial charge is 0.266 e. The van der Waals surface area contributed by atoms with E-state index in [1.165, 1.54) is 17.3 Å². The molecule has 3 aromatic rings. The second kappa shape index (κ2) is 12.6. The molecule has 2 aromatic carbocycles. The molecule has 8 nitrogen and oxygen atoms in total. The van der Waals surface area contributed by atoms with Crippen LogP contribution in [-0.4, -0.2) is 54.0 Å². The third kappa shape index (κ3) is 6.16. The van der Waals surface area contributed by atoms with Crippen molar-refractivity contribution in [1.82, 2.24) is 9.88 Å². The van der Waals surface area contributed by atoms with Crippen LogP contribution in [0.4, 0.5) is 5.88 Å². The number of anilines is 1. The molecule has 0 unspecified atom stereocenters. The molecule has 10 heteroatoms. The van der Waals surface area contributed by atoms with Crippen molar-refractivity contribution in [3.05, 3.63) is 76.1 Å². The van der Waals surface area contributed by atoms with Crippen molar-refractivity contribution in [2.24, 2.45) is 5.92 Å². The lowest BCUT2D eigenvalue weighted by atomic mass is 9.90. The molecular weight excluding hydrogens is 544 g/mol. The molecule has 0 radical (unpaired) electrons. The van der Waals surface area contributed by atoms with E-state index in [1.807, 2.05) is 24.3 Å². The predicted molar refractivity (Wildman–Crippen MR) is 159 cm³/mol. The second-order valence-corrected chi connectivity index (χ2v) is 11.4. The fraction of sp³-hybridized carbons (Fsp3) is 0.333. The van der Waals surface area contributed by atoms with Crippen molar-refractivity contribution in [2.75, 3.05) is 38.8 Å². The Labute approximate surface area is 243 Å². The number of aromatic nitrogens is 1. The normalized spacial score (nSPS) is 17.0. The molecule has 1 aromatic heterocycles. The van der Waals surface area contributed by atoms with E-state index in [0.717, 1.165) is 37.9 Å². The van der Waals surface area contributed by atoms with Crippen LogP contribution in [0.1, 0.15) is 35.6 Å². The molecule has 0 atom stereocenters. The van der Waals surface area contributed by atoms with Gasteiger partial charge in [-0.25, -0.2) is 0 Å². The van der Waals surface area contributed by atoms with Crippen LogP contribution in [0.2, 0.25) is 0 Å². The molecule has 206 valence electrons. The maximum atomic E-state index is 13.2. The minimum absolute atomic E-state index is 0.199. The molecule has 0 N–H and O–H groups in total. The lowest BCUT2D eigenvalue weighted by Crippen LogP contribution is -2.34. The van der Waals surface area contributed by atoms with Gasteiger partial charge in [-0.2, -0.15) is 10.2 Å². The number of benzene rings is 2. The van der Waals surface area contributed by atoms with Gasteiger partial charge in [-0.15, -0.1) is 0 Å². The third-order valence-corrected chi connectivity index (χ3v) is 8.58. The Morgan fingerprint density at radius 1 is 1.12 bits per heavy atom. The molecule has 0 spiro atoms. The Morgan fingerprint density at radius 3 is 2.58 bits per heavy atom. The van der Waals surface area contributed by atoms with Crippen LogP contribution in [-0.2, 0) is 17.6 Å². The van der Waals surface area contributed by atoms with Gasteiger partial charge in [-0.1, -0.05) is 60.4 Å². The minimum Gasteiger partial charge on any atom is -0.493 e. The van der Waals surface area contributed by atoms with Crippen molar-refractivity contribution >= 4 is 46.2 Å². The monoisotopic (exact) mass is 574 g/mol. The molecule has 2 aliphatic heterocycles. The summed E-state index contributed by atoms with van der Waals surface area (Å²) in [6.07, 6.45) is 5.25. The van der Waals surface area contributed by atoms with Crippen molar-refractivity contribution in [2.45, 2.75) is 25.7 Å². The molecule has 3 heterocycles. The largest absolute Gasteiger partial charge is 0.493 e. The number of ether oxygens (including phenoxy) is 2. The van der Waals surface area contributed by atoms with Gasteiger partial charge in [0.1, 0.15) is 10.4 Å². The Balaban J connectivity index is 1.22. The molecule has 40 heavy (non-hydrogen) atoms. The van der Waals surface area contributed by atoms with Gasteiger partial charge in [-0.3, -0.25) is 9.69 Å². The summed E-state index contributed by atoms with van der Waals surface area (Å²) >= 11 is 6.71. The molecular formula is C30H30N4O4S2. The van der Waals surface area contributed by atoms with Gasteiger partial charge in [0.15, 0.2) is 11.5 Å². The first-order valence-corrected chi connectivity index (χ1v) is 14.4. The van der Waals surface area contributed by atoms with Gasteiger partial charge in [0.05, 0.1) is 19.1 Å². The van der Waals surface area contributed by atoms with Gasteiger partial charge in [0.25, 0.3) is 5.91 Å². The number of nitrogens with zero attached hydrogens (tertiary/aromatic N) is 4. The van der Waals surface area contributed by atoms with Gasteiger partial charge in [0.2, 0.25) is 17.5 Å². The van der Waals surface area contributed by atoms with Crippen LogP contribution in [0.15, 0.2) is 57.9 Å². The topological polar surface area (TPSA) is 91.8 Å². The van der Waals surface area contributed by atoms with Crippen LogP contribution in [0.5, 0.6) is 11.5 Å². The van der Waals surface area contributed by atoms with Crippen LogP contribution in [0, 0.1) is 17.2 Å². The Hall–Kier alpha value is -3.81. The molecule has 1 amide bonds. The first-order valence-electron chi connectivity index (χ1n) is 13.1. The standard InChI is InChI=1S/C30H30N4O4S2/c1-36-24-9-8-21(17-25(24)37-2)12-15-34-28(35)26(40-30(34)39)18-27-32-23(19-31)29(38-27)33-13-10-22(11-14-33)16-20-6-4-3-5-7-20/h3-9,17-18,22H,10-16H2,1-2H3/b26-18+. The zero-order valence-corrected chi connectivity index (χ0v) is 24.1. The van der Waals surface area contributed by atoms with Gasteiger partial charge >= 0.3 is 0 Å². The summed E-state index contributed by atoms with van der Waals surface area (Å²) in [6, 6.07) is 18.4. The minimum atomic E-state index is -0.199. The second-order valence-electron chi connectivity index (χ2n) is 9.71. The molecule has 0 saturated carbocycles. The summed E-state index contributed by atoms with van der Waals surface area (Å²) < 4.78 is 17.2. The Kier molecular flexibility index (Phi) is 8.72. The van der Waals surface area contributed by atoms with Gasteiger partial charge in [-0.05, 0) is 54.9 Å². The van der Waals surface area contributed by atoms with Crippen LogP contribution < -0.4 is 14.4 Å². The zero-order chi connectivity index (χ0) is 28.1. The third-order valence-electron chi connectivity index (χ3n) is 7.20. The summed E-state index contributed by atoms with van der Waals surface area (Å²) in [5.41, 5.74) is 2.58. The molecule has 0 aliphatic carbocycles. The quantitative estimate of drug-likeness (QED) is 0.244. The van der Waals surface area contributed by atoms with E-state index in [4.69, 9.17) is 26.1 Å². The molecule has 2 saturated heterocycles. The molecule has 2 fully saturated rings. The highest BCUT2D eigenvalue weighted by atomic mass is 32.2. The van der Waals surface area contributed by atoms with Gasteiger partial charge in [0, 0.05) is 25.7 Å². The van der Waals surface area contributed by atoms with E-state index in [2.05, 4.69) is 40.2 Å². The predicted octanol–water partition coefficient (Wildman–Crippen LogP) is 5.47. The van der Waals surface area contributed by atoms with Crippen molar-refractivity contribution in [3.63, 3.8) is 0 Å². The van der Waals surface area contributed by atoms with Gasteiger partial charge < -0.3 is 18.8 Å². The van der Waals surface area contributed by atoms with Crippen LogP contribution in [0.3, 0.4) is 0 Å². The van der Waals surface area contributed by atoms with E-state index in [-0.39, 0.29) is 17.5 Å². The average molecular weight is 575 g/mol. The fourth-order valence-electron chi connectivity index (χ4n) is 5.05. The number of amides is 1. The van der Waals surface area contributed by atoms with Crippen molar-refractivity contribution in [1.29, 1.82) is 5.26 Å².